The van der Waals surface area contributed by atoms with Crippen molar-refractivity contribution in [3.05, 3.63) is 30.0 Å². The summed E-state index contributed by atoms with van der Waals surface area (Å²) in [4.78, 5) is 13.9. The summed E-state index contributed by atoms with van der Waals surface area (Å²) in [6.45, 7) is 0. The number of aromatic nitrogens is 1. The first-order valence-corrected chi connectivity index (χ1v) is 5.06. The van der Waals surface area contributed by atoms with Crippen LogP contribution in [-0.2, 0) is 0 Å². The molecule has 0 amide bonds. The van der Waals surface area contributed by atoms with Gasteiger partial charge in [0.1, 0.15) is 11.2 Å². The molecule has 0 aliphatic heterocycles. The molecule has 0 saturated carbocycles. The number of nitrogens with zero attached hydrogens (tertiary/aromatic N) is 1. The summed E-state index contributed by atoms with van der Waals surface area (Å²) in [6.07, 6.45) is 0. The predicted octanol–water partition coefficient (Wildman–Crippen LogP) is 2.06. The van der Waals surface area contributed by atoms with E-state index in [-0.39, 0.29) is 5.69 Å². The summed E-state index contributed by atoms with van der Waals surface area (Å²) < 4.78 is 0.650. The van der Waals surface area contributed by atoms with Crippen molar-refractivity contribution in [3.63, 3.8) is 0 Å². The summed E-state index contributed by atoms with van der Waals surface area (Å²) in [5.74, 6) is -0.927. The summed E-state index contributed by atoms with van der Waals surface area (Å²) in [5, 5.41) is 9.88. The second-order valence-corrected chi connectivity index (χ2v) is 4.74. The van der Waals surface area contributed by atoms with Gasteiger partial charge >= 0.3 is 5.97 Å². The highest BCUT2D eigenvalue weighted by atomic mass is 16.4. The zero-order valence-electron chi connectivity index (χ0n) is 9.61. The molecule has 0 fully saturated rings. The highest BCUT2D eigenvalue weighted by Crippen LogP contribution is 2.28. The number of hydrogen-bond donors (Lipinski definition) is 2. The monoisotopic (exact) mass is 219 g/mol. The molecule has 0 radical (unpaired) electrons. The number of H-pyrrole nitrogens is 1. The number of aromatic amines is 1. The number of carboxylic acids is 1. The molecule has 1 heterocycles. The van der Waals surface area contributed by atoms with Crippen LogP contribution in [0.3, 0.4) is 0 Å². The van der Waals surface area contributed by atoms with Gasteiger partial charge in [-0.25, -0.2) is 4.79 Å². The van der Waals surface area contributed by atoms with E-state index >= 15 is 0 Å². The first-order valence-electron chi connectivity index (χ1n) is 5.06. The number of aromatic carboxylic acids is 1. The second kappa shape index (κ2) is 3.35. The van der Waals surface area contributed by atoms with Crippen molar-refractivity contribution in [2.45, 2.75) is 0 Å². The van der Waals surface area contributed by atoms with Crippen LogP contribution in [0.4, 0.5) is 5.69 Å². The maximum atomic E-state index is 10.9. The van der Waals surface area contributed by atoms with Crippen molar-refractivity contribution >= 4 is 22.6 Å². The van der Waals surface area contributed by atoms with Crippen LogP contribution < -0.4 is 4.48 Å². The fourth-order valence-corrected chi connectivity index (χ4v) is 1.81. The van der Waals surface area contributed by atoms with Gasteiger partial charge in [0.15, 0.2) is 5.69 Å². The second-order valence-electron chi connectivity index (χ2n) is 4.74. The van der Waals surface area contributed by atoms with Gasteiger partial charge in [-0.15, -0.1) is 0 Å². The third kappa shape index (κ3) is 1.67. The fraction of sp³-hybridized carbons (Fsp3) is 0.250. The molecule has 4 heteroatoms. The van der Waals surface area contributed by atoms with Gasteiger partial charge in [0.25, 0.3) is 0 Å². The lowest BCUT2D eigenvalue weighted by Crippen LogP contribution is -2.34. The van der Waals surface area contributed by atoms with Gasteiger partial charge in [-0.1, -0.05) is 12.1 Å². The molecule has 0 atom stereocenters. The molecule has 2 N–H and O–H groups in total. The molecule has 0 aliphatic rings. The van der Waals surface area contributed by atoms with E-state index < -0.39 is 5.97 Å². The van der Waals surface area contributed by atoms with Crippen LogP contribution in [0, 0.1) is 0 Å². The zero-order chi connectivity index (χ0) is 11.9. The molecule has 0 bridgehead atoms. The normalized spacial score (nSPS) is 11.9. The first kappa shape index (κ1) is 10.7. The Morgan fingerprint density at radius 2 is 2.00 bits per heavy atom. The van der Waals surface area contributed by atoms with Crippen LogP contribution in [0.15, 0.2) is 24.3 Å². The molecular formula is C12H15N2O2+. The Kier molecular flexibility index (Phi) is 2.24. The molecule has 2 rings (SSSR count). The molecule has 2 aromatic rings. The highest BCUT2D eigenvalue weighted by Gasteiger charge is 2.18. The first-order chi connectivity index (χ1) is 7.39. The van der Waals surface area contributed by atoms with Crippen molar-refractivity contribution in [3.8, 4) is 0 Å². The molecule has 0 unspecified atom stereocenters. The Morgan fingerprint density at radius 1 is 1.31 bits per heavy atom. The minimum Gasteiger partial charge on any atom is -0.477 e. The van der Waals surface area contributed by atoms with Crippen LogP contribution >= 0.6 is 0 Å². The molecule has 0 saturated heterocycles. The number of quaternary nitrogens is 1. The minimum atomic E-state index is -0.927. The lowest BCUT2D eigenvalue weighted by atomic mass is 10.2. The van der Waals surface area contributed by atoms with Crippen molar-refractivity contribution in [1.29, 1.82) is 0 Å². The Labute approximate surface area is 93.7 Å². The summed E-state index contributed by atoms with van der Waals surface area (Å²) >= 11 is 0. The minimum absolute atomic E-state index is 0.232. The van der Waals surface area contributed by atoms with E-state index in [4.69, 9.17) is 5.11 Å². The van der Waals surface area contributed by atoms with Gasteiger partial charge < -0.3 is 10.1 Å². The number of benzene rings is 1. The van der Waals surface area contributed by atoms with Crippen LogP contribution in [0.2, 0.25) is 0 Å². The standard InChI is InChI=1S/C12H14N2O2/c1-14(2,3)10-6-4-5-8-7-9(12(15)16)13-11(8)10/h4-7,13H,1-3H3/p+1. The average molecular weight is 219 g/mol. The number of rotatable bonds is 2. The Hall–Kier alpha value is -1.81. The van der Waals surface area contributed by atoms with Crippen molar-refractivity contribution in [2.24, 2.45) is 0 Å². The van der Waals surface area contributed by atoms with Gasteiger partial charge in [-0.2, -0.15) is 0 Å². The van der Waals surface area contributed by atoms with Gasteiger partial charge in [0.2, 0.25) is 0 Å². The Balaban J connectivity index is 2.73. The lowest BCUT2D eigenvalue weighted by molar-refractivity contribution is 0.0691. The average Bonchev–Trinajstić information content (AvgIpc) is 2.58. The zero-order valence-corrected chi connectivity index (χ0v) is 9.61. The van der Waals surface area contributed by atoms with Crippen LogP contribution in [-0.4, -0.2) is 37.2 Å². The van der Waals surface area contributed by atoms with E-state index in [1.54, 1.807) is 6.07 Å². The number of nitrogens with one attached hydrogen (secondary N) is 1. The highest BCUT2D eigenvalue weighted by molar-refractivity contribution is 5.98. The lowest BCUT2D eigenvalue weighted by Gasteiger charge is -2.23. The van der Waals surface area contributed by atoms with Crippen LogP contribution in [0.25, 0.3) is 10.9 Å². The number of hydrogen-bond acceptors (Lipinski definition) is 1. The maximum absolute atomic E-state index is 10.9. The summed E-state index contributed by atoms with van der Waals surface area (Å²) in [7, 11) is 6.15. The van der Waals surface area contributed by atoms with Gasteiger partial charge in [-0.3, -0.25) is 4.48 Å². The molecule has 84 valence electrons. The van der Waals surface area contributed by atoms with Gasteiger partial charge in [0.05, 0.1) is 21.1 Å². The number of para-hydroxylation sites is 1. The van der Waals surface area contributed by atoms with Gasteiger partial charge in [0, 0.05) is 11.5 Å². The van der Waals surface area contributed by atoms with Gasteiger partial charge in [-0.05, 0) is 6.07 Å². The van der Waals surface area contributed by atoms with E-state index in [1.165, 1.54) is 0 Å². The van der Waals surface area contributed by atoms with E-state index in [9.17, 15) is 4.79 Å². The van der Waals surface area contributed by atoms with E-state index in [2.05, 4.69) is 26.1 Å². The third-order valence-corrected chi connectivity index (χ3v) is 2.59. The topological polar surface area (TPSA) is 53.1 Å². The fourth-order valence-electron chi connectivity index (χ4n) is 1.81. The smallest absolute Gasteiger partial charge is 0.352 e. The number of carboxylic acid groups (broad SMARTS) is 1. The number of fused-ring (bicyclic) bond motifs is 1. The van der Waals surface area contributed by atoms with Crippen molar-refractivity contribution in [1.82, 2.24) is 9.47 Å². The Morgan fingerprint density at radius 3 is 2.56 bits per heavy atom. The van der Waals surface area contributed by atoms with E-state index in [1.807, 2.05) is 18.2 Å². The molecule has 16 heavy (non-hydrogen) atoms. The SMILES string of the molecule is C[N+](C)(C)c1cccc2cc(C(=O)O)[nH]c12. The molecule has 4 nitrogen and oxygen atoms in total. The molecule has 1 aromatic heterocycles. The Bertz CT molecular complexity index is 550. The van der Waals surface area contributed by atoms with E-state index in [0.29, 0.717) is 4.48 Å². The molecule has 1 aromatic carbocycles. The largest absolute Gasteiger partial charge is 0.477 e. The molecule has 0 aliphatic carbocycles. The van der Waals surface area contributed by atoms with Crippen LogP contribution in [0.5, 0.6) is 0 Å². The molecule has 0 spiro atoms. The van der Waals surface area contributed by atoms with Crippen molar-refractivity contribution < 1.29 is 9.90 Å². The van der Waals surface area contributed by atoms with Crippen molar-refractivity contribution in [2.75, 3.05) is 21.1 Å². The van der Waals surface area contributed by atoms with Crippen LogP contribution in [0.1, 0.15) is 10.5 Å². The predicted molar refractivity (Wildman–Crippen MR) is 64.8 cm³/mol. The summed E-state index contributed by atoms with van der Waals surface area (Å²) in [6, 6.07) is 7.53. The molecular weight excluding hydrogens is 204 g/mol. The maximum Gasteiger partial charge on any atom is 0.352 e. The third-order valence-electron chi connectivity index (χ3n) is 2.59. The quantitative estimate of drug-likeness (QED) is 0.760. The summed E-state index contributed by atoms with van der Waals surface area (Å²) in [5.41, 5.74) is 2.20. The van der Waals surface area contributed by atoms with E-state index in [0.717, 1.165) is 16.6 Å². The number of carbonyl (C=O) groups is 1.